The third-order valence-electron chi connectivity index (χ3n) is 6.17. The van der Waals surface area contributed by atoms with E-state index in [1.165, 1.54) is 0 Å². The van der Waals surface area contributed by atoms with Gasteiger partial charge in [0.1, 0.15) is 12.4 Å². The van der Waals surface area contributed by atoms with Gasteiger partial charge in [0.25, 0.3) is 0 Å². The first-order chi connectivity index (χ1) is 17.4. The lowest BCUT2D eigenvalue weighted by molar-refractivity contribution is -0.140. The second kappa shape index (κ2) is 10.1. The number of carbonyl (C=O) groups is 1. The molecule has 5 rings (SSSR count). The zero-order valence-electron chi connectivity index (χ0n) is 19.4. The number of benzene rings is 3. The van der Waals surface area contributed by atoms with Crippen molar-refractivity contribution >= 4 is 40.8 Å². The van der Waals surface area contributed by atoms with Gasteiger partial charge in [0.05, 0.1) is 22.4 Å². The van der Waals surface area contributed by atoms with Crippen LogP contribution in [-0.4, -0.2) is 21.8 Å². The molecule has 0 spiro atoms. The Morgan fingerprint density at radius 2 is 1.89 bits per heavy atom. The fourth-order valence-electron chi connectivity index (χ4n) is 4.15. The first-order valence-corrected chi connectivity index (χ1v) is 12.6. The van der Waals surface area contributed by atoms with E-state index in [0.717, 1.165) is 40.1 Å². The number of carboxylic acids is 1. The molecule has 0 fully saturated rings. The Bertz CT molecular complexity index is 1490. The molecule has 1 aromatic heterocycles. The molecule has 1 N–H and O–H groups in total. The Morgan fingerprint density at radius 1 is 1.08 bits per heavy atom. The number of hydrogen-bond acceptors (Lipinski definition) is 4. The fourth-order valence-corrected chi connectivity index (χ4v) is 5.55. The van der Waals surface area contributed by atoms with Gasteiger partial charge in [-0.25, -0.2) is 13.8 Å². The van der Waals surface area contributed by atoms with Crippen LogP contribution in [0, 0.1) is 17.6 Å². The van der Waals surface area contributed by atoms with Gasteiger partial charge in [-0.05, 0) is 47.0 Å². The number of carboxylic acid groups (broad SMARTS) is 1. The van der Waals surface area contributed by atoms with Crippen LogP contribution in [0.15, 0.2) is 66.7 Å². The Labute approximate surface area is 211 Å². The monoisotopic (exact) mass is 503 g/mol. The minimum absolute atomic E-state index is 0.0782. The maximum absolute atomic E-state index is 13.6. The third kappa shape index (κ3) is 4.97. The van der Waals surface area contributed by atoms with Crippen molar-refractivity contribution in [3.05, 3.63) is 106 Å². The topological polar surface area (TPSA) is 59.4 Å². The van der Waals surface area contributed by atoms with Crippen LogP contribution in [0.25, 0.3) is 23.1 Å². The Hall–Kier alpha value is -3.71. The number of pyridine rings is 1. The zero-order chi connectivity index (χ0) is 25.2. The molecule has 0 aliphatic carbocycles. The lowest BCUT2D eigenvalue weighted by Gasteiger charge is -2.20. The minimum Gasteiger partial charge on any atom is -0.489 e. The number of nitrogens with zero attached hydrogens (tertiary/aromatic N) is 1. The maximum atomic E-state index is 13.6. The lowest BCUT2D eigenvalue weighted by Crippen LogP contribution is -2.13. The predicted octanol–water partition coefficient (Wildman–Crippen LogP) is 7.12. The summed E-state index contributed by atoms with van der Waals surface area (Å²) in [5, 5.41) is 9.83. The summed E-state index contributed by atoms with van der Waals surface area (Å²) in [5.74, 6) is -1.88. The Kier molecular flexibility index (Phi) is 6.74. The summed E-state index contributed by atoms with van der Waals surface area (Å²) in [6.45, 7) is 2.16. The SMILES string of the molecule is CC(CSC1c2ccccc2COc2ccc(C=Cc3ccc4cc(F)c(F)cc4n3)cc21)C(=O)O. The molecule has 0 bridgehead atoms. The maximum Gasteiger partial charge on any atom is 0.307 e. The summed E-state index contributed by atoms with van der Waals surface area (Å²) in [7, 11) is 0. The van der Waals surface area contributed by atoms with Crippen LogP contribution in [0.2, 0.25) is 0 Å². The van der Waals surface area contributed by atoms with Crippen molar-refractivity contribution in [2.45, 2.75) is 18.8 Å². The Morgan fingerprint density at radius 3 is 2.72 bits per heavy atom. The number of hydrogen-bond donors (Lipinski definition) is 1. The molecule has 0 saturated heterocycles. The molecule has 7 heteroatoms. The molecule has 36 heavy (non-hydrogen) atoms. The average molecular weight is 504 g/mol. The highest BCUT2D eigenvalue weighted by Gasteiger charge is 2.26. The number of aliphatic carboxylic acids is 1. The van der Waals surface area contributed by atoms with Crippen molar-refractivity contribution in [3.8, 4) is 5.75 Å². The summed E-state index contributed by atoms with van der Waals surface area (Å²) >= 11 is 1.60. The second-order valence-corrected chi connectivity index (χ2v) is 9.90. The highest BCUT2D eigenvalue weighted by atomic mass is 32.2. The van der Waals surface area contributed by atoms with Crippen molar-refractivity contribution in [1.29, 1.82) is 0 Å². The summed E-state index contributed by atoms with van der Waals surface area (Å²) in [5.41, 5.74) is 5.09. The lowest BCUT2D eigenvalue weighted by atomic mass is 9.98. The van der Waals surface area contributed by atoms with Crippen LogP contribution in [-0.2, 0) is 11.4 Å². The van der Waals surface area contributed by atoms with Gasteiger partial charge < -0.3 is 9.84 Å². The highest BCUT2D eigenvalue weighted by Crippen LogP contribution is 2.45. The number of ether oxygens (including phenoxy) is 1. The second-order valence-electron chi connectivity index (χ2n) is 8.77. The van der Waals surface area contributed by atoms with Crippen LogP contribution < -0.4 is 4.74 Å². The molecule has 182 valence electrons. The molecule has 3 aromatic carbocycles. The molecule has 0 radical (unpaired) electrons. The van der Waals surface area contributed by atoms with Gasteiger partial charge in [-0.2, -0.15) is 0 Å². The molecule has 4 nitrogen and oxygen atoms in total. The molecular weight excluding hydrogens is 480 g/mol. The van der Waals surface area contributed by atoms with Crippen molar-refractivity contribution in [2.24, 2.45) is 5.92 Å². The smallest absolute Gasteiger partial charge is 0.307 e. The number of halogens is 2. The van der Waals surface area contributed by atoms with Crippen LogP contribution in [0.1, 0.15) is 40.1 Å². The molecule has 2 atom stereocenters. The normalized spacial score (nSPS) is 15.7. The molecule has 2 unspecified atom stereocenters. The quantitative estimate of drug-likeness (QED) is 0.304. The molecule has 1 aliphatic rings. The van der Waals surface area contributed by atoms with E-state index in [2.05, 4.69) is 11.1 Å². The van der Waals surface area contributed by atoms with E-state index in [0.29, 0.717) is 29.0 Å². The van der Waals surface area contributed by atoms with Crippen molar-refractivity contribution < 1.29 is 23.4 Å². The van der Waals surface area contributed by atoms with Crippen molar-refractivity contribution in [1.82, 2.24) is 4.98 Å². The van der Waals surface area contributed by atoms with Gasteiger partial charge in [-0.15, -0.1) is 11.8 Å². The fraction of sp³-hybridized carbons (Fsp3) is 0.172. The standard InChI is InChI=1S/C29H23F2NO3S/c1-17(29(33)34)16-36-28-22-5-3-2-4-20(22)15-35-27-11-7-18(12-23(27)28)6-9-21-10-8-19-13-24(30)25(31)14-26(19)32-21/h2-14,17,28H,15-16H2,1H3,(H,33,34). The van der Waals surface area contributed by atoms with Gasteiger partial charge in [-0.1, -0.05) is 49.4 Å². The van der Waals surface area contributed by atoms with E-state index in [4.69, 9.17) is 4.74 Å². The van der Waals surface area contributed by atoms with E-state index >= 15 is 0 Å². The largest absolute Gasteiger partial charge is 0.489 e. The summed E-state index contributed by atoms with van der Waals surface area (Å²) in [6.07, 6.45) is 3.73. The van der Waals surface area contributed by atoms with Gasteiger partial charge in [-0.3, -0.25) is 4.79 Å². The van der Waals surface area contributed by atoms with Crippen LogP contribution in [0.4, 0.5) is 8.78 Å². The minimum atomic E-state index is -0.928. The van der Waals surface area contributed by atoms with Crippen molar-refractivity contribution in [3.63, 3.8) is 0 Å². The van der Waals surface area contributed by atoms with Crippen LogP contribution in [0.3, 0.4) is 0 Å². The Balaban J connectivity index is 1.48. The molecular formula is C29H23F2NO3S. The van der Waals surface area contributed by atoms with Gasteiger partial charge in [0, 0.05) is 22.8 Å². The highest BCUT2D eigenvalue weighted by molar-refractivity contribution is 7.99. The van der Waals surface area contributed by atoms with Gasteiger partial charge in [0.15, 0.2) is 11.6 Å². The van der Waals surface area contributed by atoms with Crippen LogP contribution >= 0.6 is 11.8 Å². The molecule has 2 heterocycles. The zero-order valence-corrected chi connectivity index (χ0v) is 20.3. The van der Waals surface area contributed by atoms with Crippen molar-refractivity contribution in [2.75, 3.05) is 5.75 Å². The van der Waals surface area contributed by atoms with E-state index in [-0.39, 0.29) is 5.25 Å². The number of fused-ring (bicyclic) bond motifs is 3. The number of aromatic nitrogens is 1. The predicted molar refractivity (Wildman–Crippen MR) is 139 cm³/mol. The summed E-state index contributed by atoms with van der Waals surface area (Å²) < 4.78 is 33.2. The van der Waals surface area contributed by atoms with Gasteiger partial charge in [0.2, 0.25) is 0 Å². The third-order valence-corrected chi connectivity index (χ3v) is 7.70. The molecule has 0 saturated carbocycles. The van der Waals surface area contributed by atoms with E-state index in [9.17, 15) is 18.7 Å². The average Bonchev–Trinajstić information content (AvgIpc) is 3.03. The summed E-state index contributed by atoms with van der Waals surface area (Å²) in [4.78, 5) is 15.9. The van der Waals surface area contributed by atoms with E-state index < -0.39 is 23.5 Å². The van der Waals surface area contributed by atoms with Crippen LogP contribution in [0.5, 0.6) is 5.75 Å². The first kappa shape index (κ1) is 24.0. The molecule has 1 aliphatic heterocycles. The summed E-state index contributed by atoms with van der Waals surface area (Å²) in [6, 6.07) is 19.7. The number of rotatable bonds is 6. The van der Waals surface area contributed by atoms with Gasteiger partial charge >= 0.3 is 5.97 Å². The molecule has 0 amide bonds. The first-order valence-electron chi connectivity index (χ1n) is 11.5. The molecule has 4 aromatic rings. The van der Waals surface area contributed by atoms with E-state index in [1.807, 2.05) is 48.6 Å². The number of thioether (sulfide) groups is 1. The van der Waals surface area contributed by atoms with E-state index in [1.54, 1.807) is 30.8 Å².